The molecule has 2 fully saturated rings. The number of carbonyl (C=O) groups excluding carboxylic acids is 1. The lowest BCUT2D eigenvalue weighted by Gasteiger charge is -2.26. The highest BCUT2D eigenvalue weighted by atomic mass is 32.2. The van der Waals surface area contributed by atoms with E-state index >= 15 is 0 Å². The Morgan fingerprint density at radius 2 is 1.67 bits per heavy atom. The fourth-order valence-electron chi connectivity index (χ4n) is 3.12. The van der Waals surface area contributed by atoms with Crippen molar-refractivity contribution in [1.29, 1.82) is 0 Å². The molecule has 0 aromatic carbocycles. The second-order valence-electron chi connectivity index (χ2n) is 6.03. The van der Waals surface area contributed by atoms with Crippen LogP contribution < -0.4 is 0 Å². The van der Waals surface area contributed by atoms with E-state index in [1.54, 1.807) is 11.0 Å². The van der Waals surface area contributed by atoms with E-state index in [0.29, 0.717) is 39.1 Å². The van der Waals surface area contributed by atoms with E-state index in [4.69, 9.17) is 0 Å². The average Bonchev–Trinajstić information content (AvgIpc) is 3.00. The number of carbonyl (C=O) groups is 1. The van der Waals surface area contributed by atoms with Crippen molar-refractivity contribution in [3.63, 3.8) is 0 Å². The molecule has 1 aromatic heterocycles. The highest BCUT2D eigenvalue weighted by Crippen LogP contribution is 2.20. The van der Waals surface area contributed by atoms with Crippen molar-refractivity contribution in [1.82, 2.24) is 18.5 Å². The first-order valence-corrected chi connectivity index (χ1v) is 9.58. The average molecular weight is 354 g/mol. The zero-order valence-corrected chi connectivity index (χ0v) is 14.3. The van der Waals surface area contributed by atoms with Gasteiger partial charge in [0.2, 0.25) is 0 Å². The van der Waals surface area contributed by atoms with Gasteiger partial charge < -0.3 is 10.0 Å². The van der Waals surface area contributed by atoms with E-state index in [1.165, 1.54) is 20.9 Å². The van der Waals surface area contributed by atoms with E-state index in [0.717, 1.165) is 12.8 Å². The summed E-state index contributed by atoms with van der Waals surface area (Å²) >= 11 is 0. The van der Waals surface area contributed by atoms with Crippen LogP contribution in [0.5, 0.6) is 5.75 Å². The zero-order chi connectivity index (χ0) is 17.2. The van der Waals surface area contributed by atoms with Gasteiger partial charge in [-0.3, -0.25) is 4.79 Å². The van der Waals surface area contributed by atoms with Crippen LogP contribution in [0.3, 0.4) is 0 Å². The molecule has 1 amide bonds. The van der Waals surface area contributed by atoms with E-state index < -0.39 is 10.2 Å². The Hall–Kier alpha value is -1.71. The number of nitrogens with zero attached hydrogens (tertiary/aromatic N) is 4. The highest BCUT2D eigenvalue weighted by molar-refractivity contribution is 7.86. The first-order valence-electron chi connectivity index (χ1n) is 8.18. The molecule has 2 aliphatic heterocycles. The molecule has 2 saturated heterocycles. The Labute approximate surface area is 141 Å². The third-order valence-corrected chi connectivity index (χ3v) is 6.48. The molecule has 0 spiro atoms. The number of pyridine rings is 1. The largest absolute Gasteiger partial charge is 0.505 e. The van der Waals surface area contributed by atoms with Gasteiger partial charge in [0, 0.05) is 45.5 Å². The first kappa shape index (κ1) is 17.1. The molecule has 3 heterocycles. The number of rotatable bonds is 3. The minimum Gasteiger partial charge on any atom is -0.505 e. The Balaban J connectivity index is 1.69. The van der Waals surface area contributed by atoms with Crippen LogP contribution in [-0.2, 0) is 10.2 Å². The summed E-state index contributed by atoms with van der Waals surface area (Å²) in [6.07, 6.45) is 3.81. The summed E-state index contributed by atoms with van der Waals surface area (Å²) in [5.41, 5.74) is 0.00773. The van der Waals surface area contributed by atoms with Crippen molar-refractivity contribution >= 4 is 16.1 Å². The van der Waals surface area contributed by atoms with Gasteiger partial charge in [-0.15, -0.1) is 0 Å². The minimum atomic E-state index is -3.44. The number of aromatic nitrogens is 1. The molecular formula is C15H22N4O4S. The van der Waals surface area contributed by atoms with Gasteiger partial charge in [-0.05, 0) is 31.4 Å². The number of hydrogen-bond donors (Lipinski definition) is 1. The maximum absolute atomic E-state index is 12.6. The second-order valence-corrected chi connectivity index (χ2v) is 7.96. The first-order chi connectivity index (χ1) is 11.5. The van der Waals surface area contributed by atoms with Crippen molar-refractivity contribution in [3.8, 4) is 5.75 Å². The normalized spacial score (nSPS) is 20.9. The van der Waals surface area contributed by atoms with Crippen molar-refractivity contribution in [2.45, 2.75) is 19.3 Å². The van der Waals surface area contributed by atoms with Crippen molar-refractivity contribution in [2.75, 3.05) is 39.3 Å². The van der Waals surface area contributed by atoms with Crippen molar-refractivity contribution < 1.29 is 18.3 Å². The number of aromatic hydroxyl groups is 1. The van der Waals surface area contributed by atoms with E-state index in [2.05, 4.69) is 4.98 Å². The van der Waals surface area contributed by atoms with Crippen molar-refractivity contribution in [3.05, 3.63) is 24.0 Å². The van der Waals surface area contributed by atoms with Gasteiger partial charge in [-0.1, -0.05) is 0 Å². The molecule has 9 heteroatoms. The van der Waals surface area contributed by atoms with Gasteiger partial charge in [0.1, 0.15) is 5.75 Å². The predicted molar refractivity (Wildman–Crippen MR) is 87.7 cm³/mol. The van der Waals surface area contributed by atoms with Crippen LogP contribution in [0.15, 0.2) is 18.3 Å². The van der Waals surface area contributed by atoms with Gasteiger partial charge >= 0.3 is 0 Å². The fourth-order valence-corrected chi connectivity index (χ4v) is 4.84. The molecule has 1 N–H and O–H groups in total. The monoisotopic (exact) mass is 354 g/mol. The van der Waals surface area contributed by atoms with E-state index in [-0.39, 0.29) is 23.9 Å². The maximum Gasteiger partial charge on any atom is 0.282 e. The molecule has 0 bridgehead atoms. The third-order valence-electron chi connectivity index (χ3n) is 4.45. The molecule has 24 heavy (non-hydrogen) atoms. The molecular weight excluding hydrogens is 332 g/mol. The molecule has 3 rings (SSSR count). The summed E-state index contributed by atoms with van der Waals surface area (Å²) in [5.74, 6) is -0.526. The third kappa shape index (κ3) is 3.38. The SMILES string of the molecule is O=C(c1ncccc1O)N1CCCN(S(=O)(=O)N2CCCC2)CC1. The Morgan fingerprint density at radius 3 is 2.38 bits per heavy atom. The Kier molecular flexibility index (Phi) is 5.02. The Morgan fingerprint density at radius 1 is 1.00 bits per heavy atom. The molecule has 0 saturated carbocycles. The minimum absolute atomic E-state index is 0.00773. The molecule has 1 aromatic rings. The molecule has 8 nitrogen and oxygen atoms in total. The highest BCUT2D eigenvalue weighted by Gasteiger charge is 2.33. The number of amides is 1. The van der Waals surface area contributed by atoms with Crippen LogP contribution in [0.25, 0.3) is 0 Å². The maximum atomic E-state index is 12.6. The van der Waals surface area contributed by atoms with E-state index in [9.17, 15) is 18.3 Å². The van der Waals surface area contributed by atoms with Crippen LogP contribution in [0.2, 0.25) is 0 Å². The predicted octanol–water partition coefficient (Wildman–Crippen LogP) is 0.276. The standard InChI is InChI=1S/C15H22N4O4S/c20-13-5-3-6-16-14(13)15(21)17-7-4-10-19(12-11-17)24(22,23)18-8-1-2-9-18/h3,5-6,20H,1-2,4,7-12H2. The van der Waals surface area contributed by atoms with Crippen LogP contribution in [0, 0.1) is 0 Å². The van der Waals surface area contributed by atoms with Crippen LogP contribution >= 0.6 is 0 Å². The van der Waals surface area contributed by atoms with Gasteiger partial charge in [0.05, 0.1) is 0 Å². The molecule has 0 radical (unpaired) electrons. The fraction of sp³-hybridized carbons (Fsp3) is 0.600. The van der Waals surface area contributed by atoms with Gasteiger partial charge in [-0.2, -0.15) is 17.0 Å². The quantitative estimate of drug-likeness (QED) is 0.841. The number of hydrogen-bond acceptors (Lipinski definition) is 5. The van der Waals surface area contributed by atoms with Crippen LogP contribution in [0.4, 0.5) is 0 Å². The molecule has 0 atom stereocenters. The summed E-state index contributed by atoms with van der Waals surface area (Å²) in [6, 6.07) is 2.97. The molecule has 132 valence electrons. The summed E-state index contributed by atoms with van der Waals surface area (Å²) < 4.78 is 28.3. The van der Waals surface area contributed by atoms with Gasteiger partial charge in [0.25, 0.3) is 16.1 Å². The molecule has 2 aliphatic rings. The summed E-state index contributed by atoms with van der Waals surface area (Å²) in [5, 5.41) is 9.78. The lowest BCUT2D eigenvalue weighted by atomic mass is 10.2. The topological polar surface area (TPSA) is 94.0 Å². The van der Waals surface area contributed by atoms with Crippen molar-refractivity contribution in [2.24, 2.45) is 0 Å². The Bertz CT molecular complexity index is 703. The van der Waals surface area contributed by atoms with Gasteiger partial charge in [-0.25, -0.2) is 4.98 Å². The molecule has 0 unspecified atom stereocenters. The van der Waals surface area contributed by atoms with Gasteiger partial charge in [0.15, 0.2) is 5.69 Å². The summed E-state index contributed by atoms with van der Waals surface area (Å²) in [6.45, 7) is 2.55. The second kappa shape index (κ2) is 7.04. The zero-order valence-electron chi connectivity index (χ0n) is 13.5. The van der Waals surface area contributed by atoms with Crippen LogP contribution in [0.1, 0.15) is 29.8 Å². The molecule has 0 aliphatic carbocycles. The summed E-state index contributed by atoms with van der Waals surface area (Å²) in [7, 11) is -3.44. The van der Waals surface area contributed by atoms with E-state index in [1.807, 2.05) is 0 Å². The summed E-state index contributed by atoms with van der Waals surface area (Å²) in [4.78, 5) is 18.0. The smallest absolute Gasteiger partial charge is 0.282 e. The lowest BCUT2D eigenvalue weighted by molar-refractivity contribution is 0.0755. The van der Waals surface area contributed by atoms with Crippen LogP contribution in [-0.4, -0.2) is 77.2 Å². The lowest BCUT2D eigenvalue weighted by Crippen LogP contribution is -2.44.